The second kappa shape index (κ2) is 6.19. The van der Waals surface area contributed by atoms with E-state index in [9.17, 15) is 0 Å². The third-order valence-electron chi connectivity index (χ3n) is 2.06. The van der Waals surface area contributed by atoms with Crippen LogP contribution in [-0.4, -0.2) is 16.6 Å². The molecule has 1 aromatic heterocycles. The second-order valence-electron chi connectivity index (χ2n) is 3.59. The Bertz CT molecular complexity index is 293. The van der Waals surface area contributed by atoms with Crippen LogP contribution in [0.4, 0.5) is 5.82 Å². The fourth-order valence-corrected chi connectivity index (χ4v) is 1.29. The summed E-state index contributed by atoms with van der Waals surface area (Å²) >= 11 is 0. The van der Waals surface area contributed by atoms with Crippen LogP contribution in [0.3, 0.4) is 0 Å². The second-order valence-corrected chi connectivity index (χ2v) is 3.59. The standard InChI is InChI=1S/C10H18N4O/c1-3-4-8(2)7-15-10-6-12-5-9(13-10)14-11/h5-6,8H,3-4,7,11H2,1-2H3,(H,13,14). The van der Waals surface area contributed by atoms with Crippen molar-refractivity contribution in [3.8, 4) is 5.88 Å². The summed E-state index contributed by atoms with van der Waals surface area (Å²) in [6.07, 6.45) is 5.45. The Kier molecular flexibility index (Phi) is 4.83. The Hall–Kier alpha value is -1.36. The summed E-state index contributed by atoms with van der Waals surface area (Å²) in [5.41, 5.74) is 2.43. The molecule has 0 spiro atoms. The first kappa shape index (κ1) is 11.7. The minimum atomic E-state index is 0.508. The van der Waals surface area contributed by atoms with Gasteiger partial charge in [-0.2, -0.15) is 4.98 Å². The normalized spacial score (nSPS) is 12.2. The van der Waals surface area contributed by atoms with Gasteiger partial charge in [0.2, 0.25) is 5.88 Å². The number of hydrogen-bond acceptors (Lipinski definition) is 5. The van der Waals surface area contributed by atoms with Crippen LogP contribution in [0.25, 0.3) is 0 Å². The van der Waals surface area contributed by atoms with E-state index in [1.807, 2.05) is 0 Å². The lowest BCUT2D eigenvalue weighted by atomic mass is 10.1. The lowest BCUT2D eigenvalue weighted by Crippen LogP contribution is -2.12. The number of nitrogens with one attached hydrogen (secondary N) is 1. The first-order valence-electron chi connectivity index (χ1n) is 5.17. The van der Waals surface area contributed by atoms with Crippen LogP contribution in [-0.2, 0) is 0 Å². The van der Waals surface area contributed by atoms with Gasteiger partial charge < -0.3 is 10.2 Å². The molecule has 0 aliphatic carbocycles. The van der Waals surface area contributed by atoms with Gasteiger partial charge in [-0.05, 0) is 12.3 Å². The molecule has 84 valence electrons. The Morgan fingerprint density at radius 3 is 3.00 bits per heavy atom. The van der Waals surface area contributed by atoms with Crippen molar-refractivity contribution >= 4 is 5.82 Å². The summed E-state index contributed by atoms with van der Waals surface area (Å²) < 4.78 is 5.49. The molecule has 1 atom stereocenters. The Morgan fingerprint density at radius 1 is 1.53 bits per heavy atom. The molecule has 5 heteroatoms. The largest absolute Gasteiger partial charge is 0.476 e. The van der Waals surface area contributed by atoms with Crippen LogP contribution < -0.4 is 16.0 Å². The van der Waals surface area contributed by atoms with Crippen molar-refractivity contribution in [1.29, 1.82) is 0 Å². The zero-order valence-electron chi connectivity index (χ0n) is 9.23. The topological polar surface area (TPSA) is 73.1 Å². The van der Waals surface area contributed by atoms with Crippen molar-refractivity contribution in [2.75, 3.05) is 12.0 Å². The molecular weight excluding hydrogens is 192 g/mol. The Morgan fingerprint density at radius 2 is 2.33 bits per heavy atom. The van der Waals surface area contributed by atoms with Crippen molar-refractivity contribution in [1.82, 2.24) is 9.97 Å². The van der Waals surface area contributed by atoms with Crippen LogP contribution in [0.2, 0.25) is 0 Å². The van der Waals surface area contributed by atoms with Gasteiger partial charge in [-0.25, -0.2) is 5.84 Å². The Balaban J connectivity index is 2.43. The van der Waals surface area contributed by atoms with Crippen LogP contribution in [0.1, 0.15) is 26.7 Å². The van der Waals surface area contributed by atoms with Crippen LogP contribution in [0.15, 0.2) is 12.4 Å². The number of aromatic nitrogens is 2. The molecule has 0 saturated heterocycles. The summed E-state index contributed by atoms with van der Waals surface area (Å²) in [6.45, 7) is 4.98. The maximum absolute atomic E-state index is 5.49. The lowest BCUT2D eigenvalue weighted by Gasteiger charge is -2.11. The molecule has 0 fully saturated rings. The number of nitrogen functional groups attached to an aromatic ring is 1. The van der Waals surface area contributed by atoms with Gasteiger partial charge in [0.25, 0.3) is 0 Å². The predicted molar refractivity (Wildman–Crippen MR) is 59.4 cm³/mol. The highest BCUT2D eigenvalue weighted by Crippen LogP contribution is 2.11. The third kappa shape index (κ3) is 4.12. The van der Waals surface area contributed by atoms with Crippen LogP contribution in [0, 0.1) is 5.92 Å². The van der Waals surface area contributed by atoms with Crippen molar-refractivity contribution in [3.63, 3.8) is 0 Å². The molecule has 1 aromatic rings. The summed E-state index contributed by atoms with van der Waals surface area (Å²) in [4.78, 5) is 8.05. The van der Waals surface area contributed by atoms with E-state index in [2.05, 4.69) is 29.2 Å². The molecule has 0 aliphatic heterocycles. The van der Waals surface area contributed by atoms with Gasteiger partial charge in [0.05, 0.1) is 19.0 Å². The number of hydrazine groups is 1. The quantitative estimate of drug-likeness (QED) is 0.551. The highest BCUT2D eigenvalue weighted by molar-refractivity contribution is 5.31. The van der Waals surface area contributed by atoms with E-state index in [4.69, 9.17) is 10.6 Å². The van der Waals surface area contributed by atoms with Gasteiger partial charge in [-0.15, -0.1) is 0 Å². The number of anilines is 1. The minimum absolute atomic E-state index is 0.508. The maximum Gasteiger partial charge on any atom is 0.234 e. The number of nitrogens with zero attached hydrogens (tertiary/aromatic N) is 2. The number of hydrogen-bond donors (Lipinski definition) is 2. The molecule has 1 heterocycles. The molecule has 0 aromatic carbocycles. The first-order chi connectivity index (χ1) is 7.26. The average molecular weight is 210 g/mol. The van der Waals surface area contributed by atoms with E-state index < -0.39 is 0 Å². The fraction of sp³-hybridized carbons (Fsp3) is 0.600. The predicted octanol–water partition coefficient (Wildman–Crippen LogP) is 1.58. The van der Waals surface area contributed by atoms with E-state index >= 15 is 0 Å². The zero-order chi connectivity index (χ0) is 11.1. The highest BCUT2D eigenvalue weighted by Gasteiger charge is 2.03. The number of ether oxygens (including phenoxy) is 1. The smallest absolute Gasteiger partial charge is 0.234 e. The number of rotatable bonds is 6. The van der Waals surface area contributed by atoms with Gasteiger partial charge in [0.1, 0.15) is 0 Å². The van der Waals surface area contributed by atoms with Crippen molar-refractivity contribution in [2.45, 2.75) is 26.7 Å². The summed E-state index contributed by atoms with van der Waals surface area (Å²) in [5.74, 6) is 6.77. The van der Waals surface area contributed by atoms with Gasteiger partial charge in [-0.3, -0.25) is 4.98 Å². The molecule has 1 rings (SSSR count). The van der Waals surface area contributed by atoms with Gasteiger partial charge in [0, 0.05) is 0 Å². The summed E-state index contributed by atoms with van der Waals surface area (Å²) in [7, 11) is 0. The molecule has 3 N–H and O–H groups in total. The molecule has 0 aliphatic rings. The van der Waals surface area contributed by atoms with Gasteiger partial charge in [-0.1, -0.05) is 20.3 Å². The highest BCUT2D eigenvalue weighted by atomic mass is 16.5. The molecule has 0 amide bonds. The van der Waals surface area contributed by atoms with Crippen LogP contribution in [0.5, 0.6) is 5.88 Å². The van der Waals surface area contributed by atoms with Crippen LogP contribution >= 0.6 is 0 Å². The molecular formula is C10H18N4O. The van der Waals surface area contributed by atoms with Crippen molar-refractivity contribution in [3.05, 3.63) is 12.4 Å². The molecule has 15 heavy (non-hydrogen) atoms. The maximum atomic E-state index is 5.49. The summed E-state index contributed by atoms with van der Waals surface area (Å²) in [5, 5.41) is 0. The Labute approximate surface area is 90.0 Å². The van der Waals surface area contributed by atoms with Crippen molar-refractivity contribution in [2.24, 2.45) is 11.8 Å². The van der Waals surface area contributed by atoms with E-state index in [0.717, 1.165) is 6.42 Å². The SMILES string of the molecule is CCCC(C)COc1cncc(NN)n1. The molecule has 1 unspecified atom stereocenters. The lowest BCUT2D eigenvalue weighted by molar-refractivity contribution is 0.242. The van der Waals surface area contributed by atoms with Gasteiger partial charge in [0.15, 0.2) is 5.82 Å². The van der Waals surface area contributed by atoms with E-state index in [1.165, 1.54) is 6.42 Å². The first-order valence-corrected chi connectivity index (χ1v) is 5.17. The number of nitrogens with two attached hydrogens (primary N) is 1. The molecule has 0 saturated carbocycles. The molecule has 0 radical (unpaired) electrons. The monoisotopic (exact) mass is 210 g/mol. The van der Waals surface area contributed by atoms with Gasteiger partial charge >= 0.3 is 0 Å². The molecule has 0 bridgehead atoms. The average Bonchev–Trinajstić information content (AvgIpc) is 2.27. The van der Waals surface area contributed by atoms with E-state index in [1.54, 1.807) is 12.4 Å². The van der Waals surface area contributed by atoms with E-state index in [0.29, 0.717) is 24.2 Å². The fourth-order valence-electron chi connectivity index (χ4n) is 1.29. The molecule has 5 nitrogen and oxygen atoms in total. The minimum Gasteiger partial charge on any atom is -0.476 e. The zero-order valence-corrected chi connectivity index (χ0v) is 9.23. The van der Waals surface area contributed by atoms with Crippen molar-refractivity contribution < 1.29 is 4.74 Å². The van der Waals surface area contributed by atoms with E-state index in [-0.39, 0.29) is 0 Å². The summed E-state index contributed by atoms with van der Waals surface area (Å²) in [6, 6.07) is 0. The third-order valence-corrected chi connectivity index (χ3v) is 2.06.